The third-order valence-electron chi connectivity index (χ3n) is 3.60. The summed E-state index contributed by atoms with van der Waals surface area (Å²) in [7, 11) is -3.47. The van der Waals surface area contributed by atoms with E-state index in [2.05, 4.69) is 0 Å². The first-order valence-corrected chi connectivity index (χ1v) is 8.38. The number of hydrogen-bond donors (Lipinski definition) is 1. The molecule has 112 valence electrons. The fraction of sp³-hybridized carbons (Fsp3) is 0.538. The average molecular weight is 322 g/mol. The monoisotopic (exact) mass is 321 g/mol. The lowest BCUT2D eigenvalue weighted by Crippen LogP contribution is -2.31. The van der Waals surface area contributed by atoms with Crippen molar-refractivity contribution >= 4 is 21.6 Å². The molecule has 1 aromatic rings. The van der Waals surface area contributed by atoms with Gasteiger partial charge in [0.15, 0.2) is 0 Å². The van der Waals surface area contributed by atoms with Crippen molar-refractivity contribution in [3.05, 3.63) is 34.6 Å². The zero-order valence-electron chi connectivity index (χ0n) is 11.1. The molecular weight excluding hydrogens is 305 g/mol. The SMILES string of the molecule is CC(O)C1CCN(S(=O)(=O)Cc2ccc(F)c(Cl)c2)C1. The van der Waals surface area contributed by atoms with Gasteiger partial charge in [0, 0.05) is 13.1 Å². The molecule has 1 aliphatic heterocycles. The molecule has 7 heteroatoms. The number of sulfonamides is 1. The Kier molecular flexibility index (Phi) is 4.69. The van der Waals surface area contributed by atoms with Crippen molar-refractivity contribution in [1.82, 2.24) is 4.31 Å². The largest absolute Gasteiger partial charge is 0.393 e. The Morgan fingerprint density at radius 3 is 2.80 bits per heavy atom. The Hall–Kier alpha value is -0.690. The molecule has 0 spiro atoms. The van der Waals surface area contributed by atoms with E-state index in [0.29, 0.717) is 25.1 Å². The summed E-state index contributed by atoms with van der Waals surface area (Å²) in [4.78, 5) is 0. The molecule has 0 aliphatic carbocycles. The molecule has 0 aromatic heterocycles. The molecule has 0 radical (unpaired) electrons. The van der Waals surface area contributed by atoms with Gasteiger partial charge >= 0.3 is 0 Å². The second-order valence-electron chi connectivity index (χ2n) is 5.15. The number of rotatable bonds is 4. The van der Waals surface area contributed by atoms with Gasteiger partial charge < -0.3 is 5.11 Å². The fourth-order valence-electron chi connectivity index (χ4n) is 2.33. The van der Waals surface area contributed by atoms with Gasteiger partial charge in [0.2, 0.25) is 10.0 Å². The van der Waals surface area contributed by atoms with Gasteiger partial charge in [0.25, 0.3) is 0 Å². The Bertz CT molecular complexity index is 591. The molecule has 1 heterocycles. The van der Waals surface area contributed by atoms with Gasteiger partial charge in [0.1, 0.15) is 5.82 Å². The number of aliphatic hydroxyl groups is 1. The van der Waals surface area contributed by atoms with E-state index < -0.39 is 21.9 Å². The van der Waals surface area contributed by atoms with E-state index >= 15 is 0 Å². The van der Waals surface area contributed by atoms with Crippen LogP contribution in [0.2, 0.25) is 5.02 Å². The summed E-state index contributed by atoms with van der Waals surface area (Å²) in [5.41, 5.74) is 0.455. The van der Waals surface area contributed by atoms with Crippen LogP contribution in [0.15, 0.2) is 18.2 Å². The highest BCUT2D eigenvalue weighted by Crippen LogP contribution is 2.25. The van der Waals surface area contributed by atoms with Crippen LogP contribution < -0.4 is 0 Å². The third kappa shape index (κ3) is 3.49. The molecule has 0 bridgehead atoms. The lowest BCUT2D eigenvalue weighted by Gasteiger charge is -2.17. The molecule has 1 N–H and O–H groups in total. The van der Waals surface area contributed by atoms with E-state index in [9.17, 15) is 17.9 Å². The minimum Gasteiger partial charge on any atom is -0.393 e. The van der Waals surface area contributed by atoms with E-state index in [1.165, 1.54) is 16.4 Å². The van der Waals surface area contributed by atoms with E-state index in [1.54, 1.807) is 6.92 Å². The number of aliphatic hydroxyl groups excluding tert-OH is 1. The fourth-order valence-corrected chi connectivity index (χ4v) is 4.12. The first kappa shape index (κ1) is 15.7. The van der Waals surface area contributed by atoms with Crippen LogP contribution in [0, 0.1) is 11.7 Å². The molecule has 1 fully saturated rings. The van der Waals surface area contributed by atoms with Crippen molar-refractivity contribution in [2.24, 2.45) is 5.92 Å². The highest BCUT2D eigenvalue weighted by atomic mass is 35.5. The maximum Gasteiger partial charge on any atom is 0.218 e. The van der Waals surface area contributed by atoms with Crippen LogP contribution in [0.1, 0.15) is 18.9 Å². The van der Waals surface area contributed by atoms with Crippen molar-refractivity contribution in [2.45, 2.75) is 25.2 Å². The molecule has 0 saturated carbocycles. The summed E-state index contributed by atoms with van der Waals surface area (Å²) in [5, 5.41) is 9.43. The third-order valence-corrected chi connectivity index (χ3v) is 5.70. The minimum atomic E-state index is -3.47. The standard InChI is InChI=1S/C13H17ClFNO3S/c1-9(17)11-4-5-16(7-11)20(18,19)8-10-2-3-13(15)12(14)6-10/h2-3,6,9,11,17H,4-5,7-8H2,1H3. The first-order chi connectivity index (χ1) is 9.29. The van der Waals surface area contributed by atoms with Crippen LogP contribution in [0.5, 0.6) is 0 Å². The summed E-state index contributed by atoms with van der Waals surface area (Å²) >= 11 is 5.65. The molecule has 1 aliphatic rings. The predicted octanol–water partition coefficient (Wildman–Crippen LogP) is 2.01. The predicted molar refractivity (Wildman–Crippen MR) is 75.4 cm³/mol. The van der Waals surface area contributed by atoms with Crippen molar-refractivity contribution in [3.63, 3.8) is 0 Å². The molecule has 2 rings (SSSR count). The zero-order valence-corrected chi connectivity index (χ0v) is 12.7. The van der Waals surface area contributed by atoms with Gasteiger partial charge in [-0.25, -0.2) is 17.1 Å². The molecular formula is C13H17ClFNO3S. The summed E-state index contributed by atoms with van der Waals surface area (Å²) in [6.45, 7) is 2.41. The highest BCUT2D eigenvalue weighted by molar-refractivity contribution is 7.88. The Morgan fingerprint density at radius 1 is 1.55 bits per heavy atom. The lowest BCUT2D eigenvalue weighted by molar-refractivity contribution is 0.133. The second-order valence-corrected chi connectivity index (χ2v) is 7.53. The molecule has 2 atom stereocenters. The van der Waals surface area contributed by atoms with Gasteiger partial charge in [-0.1, -0.05) is 17.7 Å². The first-order valence-electron chi connectivity index (χ1n) is 6.39. The van der Waals surface area contributed by atoms with Gasteiger partial charge in [0.05, 0.1) is 16.9 Å². The normalized spacial score (nSPS) is 22.1. The molecule has 1 aromatic carbocycles. The molecule has 20 heavy (non-hydrogen) atoms. The average Bonchev–Trinajstić information content (AvgIpc) is 2.84. The van der Waals surface area contributed by atoms with Gasteiger partial charge in [-0.2, -0.15) is 0 Å². The molecule has 1 saturated heterocycles. The maximum absolute atomic E-state index is 13.1. The van der Waals surface area contributed by atoms with E-state index in [-0.39, 0.29) is 16.7 Å². The number of halogens is 2. The van der Waals surface area contributed by atoms with Crippen LogP contribution >= 0.6 is 11.6 Å². The van der Waals surface area contributed by atoms with Crippen molar-refractivity contribution in [1.29, 1.82) is 0 Å². The highest BCUT2D eigenvalue weighted by Gasteiger charge is 2.33. The van der Waals surface area contributed by atoms with Crippen LogP contribution in [0.4, 0.5) is 4.39 Å². The van der Waals surface area contributed by atoms with Gasteiger partial charge in [-0.05, 0) is 37.0 Å². The molecule has 2 unspecified atom stereocenters. The second kappa shape index (κ2) is 5.97. The summed E-state index contributed by atoms with van der Waals surface area (Å²) in [6.07, 6.45) is 0.136. The Labute approximate surface area is 123 Å². The van der Waals surface area contributed by atoms with E-state index in [4.69, 9.17) is 11.6 Å². The van der Waals surface area contributed by atoms with Gasteiger partial charge in [-0.15, -0.1) is 0 Å². The quantitative estimate of drug-likeness (QED) is 0.923. The summed E-state index contributed by atoms with van der Waals surface area (Å²) < 4.78 is 39.0. The number of benzene rings is 1. The topological polar surface area (TPSA) is 57.6 Å². The van der Waals surface area contributed by atoms with E-state index in [1.807, 2.05) is 0 Å². The summed E-state index contributed by atoms with van der Waals surface area (Å²) in [5.74, 6) is -0.802. The zero-order chi connectivity index (χ0) is 14.9. The van der Waals surface area contributed by atoms with Crippen molar-refractivity contribution in [2.75, 3.05) is 13.1 Å². The Morgan fingerprint density at radius 2 is 2.25 bits per heavy atom. The Balaban J connectivity index is 2.10. The van der Waals surface area contributed by atoms with Crippen LogP contribution in [-0.2, 0) is 15.8 Å². The maximum atomic E-state index is 13.1. The van der Waals surface area contributed by atoms with Crippen molar-refractivity contribution < 1.29 is 17.9 Å². The lowest BCUT2D eigenvalue weighted by atomic mass is 10.0. The van der Waals surface area contributed by atoms with Crippen LogP contribution in [-0.4, -0.2) is 37.0 Å². The van der Waals surface area contributed by atoms with Crippen LogP contribution in [0.3, 0.4) is 0 Å². The molecule has 4 nitrogen and oxygen atoms in total. The minimum absolute atomic E-state index is 0.0263. The summed E-state index contributed by atoms with van der Waals surface area (Å²) in [6, 6.07) is 3.91. The van der Waals surface area contributed by atoms with Crippen LogP contribution in [0.25, 0.3) is 0 Å². The molecule has 0 amide bonds. The van der Waals surface area contributed by atoms with Gasteiger partial charge in [-0.3, -0.25) is 0 Å². The van der Waals surface area contributed by atoms with E-state index in [0.717, 1.165) is 6.07 Å². The smallest absolute Gasteiger partial charge is 0.218 e. The number of hydrogen-bond acceptors (Lipinski definition) is 3. The van der Waals surface area contributed by atoms with Crippen molar-refractivity contribution in [3.8, 4) is 0 Å². The number of nitrogens with zero attached hydrogens (tertiary/aromatic N) is 1.